The van der Waals surface area contributed by atoms with Gasteiger partial charge in [-0.05, 0) is 48.0 Å². The summed E-state index contributed by atoms with van der Waals surface area (Å²) in [5.74, 6) is -0.934. The lowest BCUT2D eigenvalue weighted by molar-refractivity contribution is -0.126. The van der Waals surface area contributed by atoms with E-state index >= 15 is 0 Å². The minimum Gasteiger partial charge on any atom is -0.497 e. The first-order valence-electron chi connectivity index (χ1n) is 9.97. The number of amides is 2. The molecule has 0 aromatic heterocycles. The number of para-hydroxylation sites is 1. The molecule has 162 valence electrons. The molecule has 2 aliphatic heterocycles. The summed E-state index contributed by atoms with van der Waals surface area (Å²) in [5, 5.41) is 2.31. The summed E-state index contributed by atoms with van der Waals surface area (Å²) in [4.78, 5) is 34.2. The van der Waals surface area contributed by atoms with E-state index in [-0.39, 0.29) is 5.91 Å². The highest BCUT2D eigenvalue weighted by atomic mass is 35.5. The number of anilines is 2. The second-order valence-electron chi connectivity index (χ2n) is 7.57. The van der Waals surface area contributed by atoms with Crippen LogP contribution in [0.25, 0.3) is 0 Å². The maximum atomic E-state index is 13.6. The number of ether oxygens (including phenoxy) is 1. The first kappa shape index (κ1) is 20.8. The average Bonchev–Trinajstić information content (AvgIpc) is 3.30. The van der Waals surface area contributed by atoms with Crippen LogP contribution in [0, 0.1) is 5.92 Å². The van der Waals surface area contributed by atoms with Crippen LogP contribution in [0.4, 0.5) is 11.4 Å². The topological polar surface area (TPSA) is 59.1 Å². The fraction of sp³-hybridized carbons (Fsp3) is 0.167. The Morgan fingerprint density at radius 2 is 1.56 bits per heavy atom. The van der Waals surface area contributed by atoms with Crippen molar-refractivity contribution in [3.63, 3.8) is 0 Å². The molecular weight excluding hydrogens is 451 g/mol. The first-order chi connectivity index (χ1) is 15.5. The van der Waals surface area contributed by atoms with Crippen molar-refractivity contribution in [3.05, 3.63) is 88.4 Å². The molecule has 8 heteroatoms. The maximum Gasteiger partial charge on any atom is 0.266 e. The van der Waals surface area contributed by atoms with E-state index in [0.717, 1.165) is 16.2 Å². The monoisotopic (exact) mass is 468 g/mol. The van der Waals surface area contributed by atoms with Gasteiger partial charge in [-0.3, -0.25) is 14.4 Å². The van der Waals surface area contributed by atoms with Crippen LogP contribution in [0.15, 0.2) is 72.8 Å². The van der Waals surface area contributed by atoms with Gasteiger partial charge in [0.25, 0.3) is 5.91 Å². The van der Waals surface area contributed by atoms with Gasteiger partial charge >= 0.3 is 0 Å². The number of hydrogen-bond acceptors (Lipinski definition) is 5. The lowest BCUT2D eigenvalue weighted by atomic mass is 9.90. The fourth-order valence-corrected chi connectivity index (χ4v) is 4.82. The Morgan fingerprint density at radius 3 is 2.25 bits per heavy atom. The molecule has 0 saturated carbocycles. The first-order valence-corrected chi connectivity index (χ1v) is 10.7. The molecule has 3 aromatic carbocycles. The lowest BCUT2D eigenvalue weighted by Crippen LogP contribution is -2.37. The minimum absolute atomic E-state index is 0.325. The normalized spacial score (nSPS) is 22.4. The number of fused-ring (bicyclic) bond motifs is 1. The Kier molecular flexibility index (Phi) is 5.29. The van der Waals surface area contributed by atoms with E-state index in [1.54, 1.807) is 30.4 Å². The summed E-state index contributed by atoms with van der Waals surface area (Å²) < 4.78 is 5.38. The van der Waals surface area contributed by atoms with E-state index in [0.29, 0.717) is 21.5 Å². The number of rotatable bonds is 4. The third-order valence-corrected chi connectivity index (χ3v) is 6.10. The standard InChI is InChI=1S/C24H18Cl2N2O4/c1-31-19-9-5-6-14(10-19)21-20-22(32-28(21)17-7-3-2-4-8-17)24(30)27(23(20)29)18-12-15(25)11-16(26)13-18/h2-13,20-22H,1H3/t20-,21-,22-/m1/s1. The molecule has 2 saturated heterocycles. The molecule has 0 N–H and O–H groups in total. The largest absolute Gasteiger partial charge is 0.497 e. The van der Waals surface area contributed by atoms with Crippen molar-refractivity contribution >= 4 is 46.4 Å². The molecule has 3 aromatic rings. The molecule has 2 amide bonds. The van der Waals surface area contributed by atoms with E-state index in [9.17, 15) is 9.59 Å². The molecule has 2 fully saturated rings. The van der Waals surface area contributed by atoms with Crippen LogP contribution in [0.1, 0.15) is 11.6 Å². The number of imide groups is 1. The molecule has 0 unspecified atom stereocenters. The SMILES string of the molecule is COc1cccc([C@@H]2[C@H]3C(=O)N(c4cc(Cl)cc(Cl)c4)C(=O)[C@@H]3ON2c2ccccc2)c1. The second-order valence-corrected chi connectivity index (χ2v) is 8.45. The zero-order valence-electron chi connectivity index (χ0n) is 16.9. The zero-order valence-corrected chi connectivity index (χ0v) is 18.5. The molecule has 2 heterocycles. The summed E-state index contributed by atoms with van der Waals surface area (Å²) in [6.45, 7) is 0. The molecule has 6 nitrogen and oxygen atoms in total. The molecule has 2 aliphatic rings. The van der Waals surface area contributed by atoms with Crippen molar-refractivity contribution in [2.75, 3.05) is 17.1 Å². The number of nitrogens with zero attached hydrogens (tertiary/aromatic N) is 2. The molecule has 5 rings (SSSR count). The highest BCUT2D eigenvalue weighted by Crippen LogP contribution is 2.48. The Balaban J connectivity index is 1.60. The molecule has 3 atom stereocenters. The summed E-state index contributed by atoms with van der Waals surface area (Å²) in [6.07, 6.45) is -0.975. The Labute approximate surface area is 194 Å². The number of benzene rings is 3. The van der Waals surface area contributed by atoms with Crippen LogP contribution in [-0.2, 0) is 14.4 Å². The molecule has 32 heavy (non-hydrogen) atoms. The van der Waals surface area contributed by atoms with Crippen LogP contribution in [0.5, 0.6) is 5.75 Å². The van der Waals surface area contributed by atoms with Crippen LogP contribution in [0.2, 0.25) is 10.0 Å². The summed E-state index contributed by atoms with van der Waals surface area (Å²) >= 11 is 12.2. The van der Waals surface area contributed by atoms with Crippen molar-refractivity contribution in [1.82, 2.24) is 0 Å². The van der Waals surface area contributed by atoms with E-state index < -0.39 is 24.0 Å². The van der Waals surface area contributed by atoms with Gasteiger partial charge in [-0.1, -0.05) is 53.5 Å². The highest BCUT2D eigenvalue weighted by Gasteiger charge is 2.60. The van der Waals surface area contributed by atoms with Gasteiger partial charge in [-0.15, -0.1) is 0 Å². The number of carbonyl (C=O) groups excluding carboxylic acids is 2. The zero-order chi connectivity index (χ0) is 22.4. The number of methoxy groups -OCH3 is 1. The molecule has 0 aliphatic carbocycles. The predicted octanol–water partition coefficient (Wildman–Crippen LogP) is 5.05. The summed E-state index contributed by atoms with van der Waals surface area (Å²) in [6, 6.07) is 20.9. The van der Waals surface area contributed by atoms with Gasteiger partial charge in [0.1, 0.15) is 11.7 Å². The summed E-state index contributed by atoms with van der Waals surface area (Å²) in [7, 11) is 1.58. The second kappa shape index (κ2) is 8.13. The van der Waals surface area contributed by atoms with Gasteiger partial charge in [0.2, 0.25) is 5.91 Å². The summed E-state index contributed by atoms with van der Waals surface area (Å²) in [5.41, 5.74) is 1.87. The number of halogens is 2. The smallest absolute Gasteiger partial charge is 0.266 e. The van der Waals surface area contributed by atoms with Crippen molar-refractivity contribution in [2.45, 2.75) is 12.1 Å². The fourth-order valence-electron chi connectivity index (χ4n) is 4.30. The maximum absolute atomic E-state index is 13.6. The van der Waals surface area contributed by atoms with E-state index in [4.69, 9.17) is 32.8 Å². The van der Waals surface area contributed by atoms with Gasteiger partial charge in [-0.25, -0.2) is 9.96 Å². The minimum atomic E-state index is -0.975. The van der Waals surface area contributed by atoms with Crippen molar-refractivity contribution in [1.29, 1.82) is 0 Å². The van der Waals surface area contributed by atoms with Gasteiger partial charge in [0, 0.05) is 10.0 Å². The van der Waals surface area contributed by atoms with Gasteiger partial charge in [0.05, 0.1) is 24.5 Å². The molecule has 0 radical (unpaired) electrons. The average molecular weight is 469 g/mol. The molecule has 0 spiro atoms. The van der Waals surface area contributed by atoms with E-state index in [1.165, 1.54) is 0 Å². The van der Waals surface area contributed by atoms with Gasteiger partial charge < -0.3 is 4.74 Å². The Bertz CT molecular complexity index is 1180. The van der Waals surface area contributed by atoms with E-state index in [1.807, 2.05) is 54.6 Å². The Morgan fingerprint density at radius 1 is 0.844 bits per heavy atom. The van der Waals surface area contributed by atoms with Gasteiger partial charge in [0.15, 0.2) is 6.10 Å². The number of carbonyl (C=O) groups is 2. The Hall–Kier alpha value is -3.06. The third-order valence-electron chi connectivity index (χ3n) is 5.67. The highest BCUT2D eigenvalue weighted by molar-refractivity contribution is 6.35. The predicted molar refractivity (Wildman–Crippen MR) is 122 cm³/mol. The van der Waals surface area contributed by atoms with Crippen LogP contribution in [0.3, 0.4) is 0 Å². The lowest BCUT2D eigenvalue weighted by Gasteiger charge is -2.29. The molecular formula is C24H18Cl2N2O4. The van der Waals surface area contributed by atoms with Crippen molar-refractivity contribution in [3.8, 4) is 5.75 Å². The van der Waals surface area contributed by atoms with Gasteiger partial charge in [-0.2, -0.15) is 0 Å². The third kappa shape index (κ3) is 3.41. The van der Waals surface area contributed by atoms with Crippen LogP contribution >= 0.6 is 23.2 Å². The van der Waals surface area contributed by atoms with Crippen molar-refractivity contribution < 1.29 is 19.2 Å². The molecule has 0 bridgehead atoms. The van der Waals surface area contributed by atoms with Crippen LogP contribution in [-0.4, -0.2) is 25.0 Å². The van der Waals surface area contributed by atoms with Crippen molar-refractivity contribution in [2.24, 2.45) is 5.92 Å². The van der Waals surface area contributed by atoms with Crippen LogP contribution < -0.4 is 14.7 Å². The quantitative estimate of drug-likeness (QED) is 0.501. The number of hydrogen-bond donors (Lipinski definition) is 0. The number of hydroxylamine groups is 1. The van der Waals surface area contributed by atoms with E-state index in [2.05, 4.69) is 0 Å².